The summed E-state index contributed by atoms with van der Waals surface area (Å²) in [4.78, 5) is 12.7. The van der Waals surface area contributed by atoms with Crippen molar-refractivity contribution in [1.29, 1.82) is 0 Å². The SMILES string of the molecule is O=C1CC[C@@H]2[C@@H](O)[C@H](O)[C@@H](CO)N12. The molecule has 0 saturated carbocycles. The summed E-state index contributed by atoms with van der Waals surface area (Å²) in [5.74, 6) is -0.0837. The lowest BCUT2D eigenvalue weighted by Gasteiger charge is -2.22. The van der Waals surface area contributed by atoms with Crippen LogP contribution < -0.4 is 0 Å². The Labute approximate surface area is 75.6 Å². The molecule has 0 bridgehead atoms. The largest absolute Gasteiger partial charge is 0.394 e. The van der Waals surface area contributed by atoms with Gasteiger partial charge in [-0.25, -0.2) is 0 Å². The third-order valence-corrected chi connectivity index (χ3v) is 2.98. The Balaban J connectivity index is 2.25. The van der Waals surface area contributed by atoms with E-state index >= 15 is 0 Å². The summed E-state index contributed by atoms with van der Waals surface area (Å²) in [5, 5.41) is 28.0. The predicted molar refractivity (Wildman–Crippen MR) is 42.8 cm³/mol. The lowest BCUT2D eigenvalue weighted by atomic mass is 10.1. The Morgan fingerprint density at radius 1 is 1.38 bits per heavy atom. The Bertz CT molecular complexity index is 230. The van der Waals surface area contributed by atoms with Gasteiger partial charge in [-0.3, -0.25) is 4.79 Å². The van der Waals surface area contributed by atoms with Crippen molar-refractivity contribution in [3.05, 3.63) is 0 Å². The Morgan fingerprint density at radius 2 is 2.08 bits per heavy atom. The van der Waals surface area contributed by atoms with E-state index in [0.29, 0.717) is 12.8 Å². The van der Waals surface area contributed by atoms with E-state index in [9.17, 15) is 15.0 Å². The second kappa shape index (κ2) is 2.94. The summed E-state index contributed by atoms with van der Waals surface area (Å²) in [6.07, 6.45) is -0.916. The highest BCUT2D eigenvalue weighted by Crippen LogP contribution is 2.33. The van der Waals surface area contributed by atoms with Crippen LogP contribution in [0.25, 0.3) is 0 Å². The molecule has 2 heterocycles. The van der Waals surface area contributed by atoms with E-state index in [-0.39, 0.29) is 18.6 Å². The van der Waals surface area contributed by atoms with Gasteiger partial charge in [-0.05, 0) is 6.42 Å². The molecule has 13 heavy (non-hydrogen) atoms. The molecule has 4 atom stereocenters. The standard InChI is InChI=1S/C8H13NO4/c10-3-5-8(13)7(12)4-1-2-6(11)9(4)5/h4-5,7-8,10,12-13H,1-3H2/t4-,5-,7-,8-/m1/s1. The Hall–Kier alpha value is -0.650. The summed E-state index contributed by atoms with van der Waals surface area (Å²) in [6.45, 7) is -0.291. The second-order valence-corrected chi connectivity index (χ2v) is 3.64. The smallest absolute Gasteiger partial charge is 0.223 e. The van der Waals surface area contributed by atoms with Gasteiger partial charge < -0.3 is 20.2 Å². The minimum absolute atomic E-state index is 0.0837. The van der Waals surface area contributed by atoms with E-state index in [2.05, 4.69) is 0 Å². The van der Waals surface area contributed by atoms with Crippen molar-refractivity contribution in [2.45, 2.75) is 37.1 Å². The number of fused-ring (bicyclic) bond motifs is 1. The first-order valence-electron chi connectivity index (χ1n) is 4.45. The lowest BCUT2D eigenvalue weighted by molar-refractivity contribution is -0.131. The number of carbonyl (C=O) groups excluding carboxylic acids is 1. The number of carbonyl (C=O) groups is 1. The number of amides is 1. The van der Waals surface area contributed by atoms with Gasteiger partial charge in [-0.15, -0.1) is 0 Å². The molecule has 5 nitrogen and oxygen atoms in total. The van der Waals surface area contributed by atoms with Gasteiger partial charge in [0.15, 0.2) is 0 Å². The van der Waals surface area contributed by atoms with Gasteiger partial charge in [-0.1, -0.05) is 0 Å². The van der Waals surface area contributed by atoms with Crippen LogP contribution in [0.4, 0.5) is 0 Å². The number of nitrogens with zero attached hydrogens (tertiary/aromatic N) is 1. The molecule has 0 aliphatic carbocycles. The van der Waals surface area contributed by atoms with Gasteiger partial charge in [0.1, 0.15) is 12.2 Å². The van der Waals surface area contributed by atoms with Crippen molar-refractivity contribution in [3.63, 3.8) is 0 Å². The molecule has 0 aromatic rings. The molecule has 0 spiro atoms. The topological polar surface area (TPSA) is 81.0 Å². The highest BCUT2D eigenvalue weighted by Gasteiger charge is 2.52. The molecule has 2 aliphatic rings. The average molecular weight is 187 g/mol. The molecule has 2 fully saturated rings. The number of aliphatic hydroxyl groups excluding tert-OH is 3. The molecule has 0 radical (unpaired) electrons. The van der Waals surface area contributed by atoms with Crippen molar-refractivity contribution < 1.29 is 20.1 Å². The van der Waals surface area contributed by atoms with Crippen LogP contribution in [0.3, 0.4) is 0 Å². The van der Waals surface area contributed by atoms with Crippen molar-refractivity contribution >= 4 is 5.91 Å². The second-order valence-electron chi connectivity index (χ2n) is 3.64. The van der Waals surface area contributed by atoms with Crippen LogP contribution in [0.15, 0.2) is 0 Å². The molecule has 0 aromatic carbocycles. The Morgan fingerprint density at radius 3 is 2.69 bits per heavy atom. The van der Waals surface area contributed by atoms with Crippen LogP contribution in [-0.4, -0.2) is 57.0 Å². The van der Waals surface area contributed by atoms with Gasteiger partial charge in [0.2, 0.25) is 5.91 Å². The van der Waals surface area contributed by atoms with Crippen LogP contribution in [0.1, 0.15) is 12.8 Å². The molecule has 0 aromatic heterocycles. The first-order valence-corrected chi connectivity index (χ1v) is 4.45. The first-order chi connectivity index (χ1) is 6.16. The van der Waals surface area contributed by atoms with Crippen molar-refractivity contribution in [2.24, 2.45) is 0 Å². The van der Waals surface area contributed by atoms with E-state index in [1.807, 2.05) is 0 Å². The summed E-state index contributed by atoms with van der Waals surface area (Å²) < 4.78 is 0. The molecular weight excluding hydrogens is 174 g/mol. The monoisotopic (exact) mass is 187 g/mol. The fraction of sp³-hybridized carbons (Fsp3) is 0.875. The summed E-state index contributed by atoms with van der Waals surface area (Å²) in [5.41, 5.74) is 0. The molecule has 2 rings (SSSR count). The normalized spacial score (nSPS) is 44.2. The van der Waals surface area contributed by atoms with E-state index in [1.54, 1.807) is 0 Å². The number of rotatable bonds is 1. The third kappa shape index (κ3) is 1.08. The van der Waals surface area contributed by atoms with Crippen molar-refractivity contribution in [3.8, 4) is 0 Å². The molecular formula is C8H13NO4. The van der Waals surface area contributed by atoms with E-state index in [1.165, 1.54) is 4.90 Å². The van der Waals surface area contributed by atoms with Gasteiger partial charge in [0.25, 0.3) is 0 Å². The molecule has 2 saturated heterocycles. The van der Waals surface area contributed by atoms with Crippen LogP contribution in [-0.2, 0) is 4.79 Å². The van der Waals surface area contributed by atoms with Gasteiger partial charge in [0.05, 0.1) is 18.7 Å². The fourth-order valence-corrected chi connectivity index (χ4v) is 2.31. The first kappa shape index (κ1) is 8.93. The van der Waals surface area contributed by atoms with Crippen LogP contribution in [0.5, 0.6) is 0 Å². The molecule has 3 N–H and O–H groups in total. The lowest BCUT2D eigenvalue weighted by Crippen LogP contribution is -2.41. The highest BCUT2D eigenvalue weighted by molar-refractivity contribution is 5.80. The maximum absolute atomic E-state index is 11.3. The van der Waals surface area contributed by atoms with Gasteiger partial charge >= 0.3 is 0 Å². The minimum atomic E-state index is -1.00. The van der Waals surface area contributed by atoms with E-state index in [0.717, 1.165) is 0 Å². The van der Waals surface area contributed by atoms with Crippen LogP contribution in [0, 0.1) is 0 Å². The van der Waals surface area contributed by atoms with E-state index in [4.69, 9.17) is 5.11 Å². The third-order valence-electron chi connectivity index (χ3n) is 2.98. The molecule has 1 amide bonds. The summed E-state index contributed by atoms with van der Waals surface area (Å²) in [6, 6.07) is -0.908. The zero-order chi connectivity index (χ0) is 9.59. The van der Waals surface area contributed by atoms with Gasteiger partial charge in [-0.2, -0.15) is 0 Å². The quantitative estimate of drug-likeness (QED) is 0.447. The minimum Gasteiger partial charge on any atom is -0.394 e. The number of hydrogen-bond donors (Lipinski definition) is 3. The zero-order valence-electron chi connectivity index (χ0n) is 7.13. The van der Waals surface area contributed by atoms with Crippen LogP contribution >= 0.6 is 0 Å². The molecule has 5 heteroatoms. The summed E-state index contributed by atoms with van der Waals surface area (Å²) in [7, 11) is 0. The Kier molecular flexibility index (Phi) is 2.02. The average Bonchev–Trinajstić information content (AvgIpc) is 2.58. The summed E-state index contributed by atoms with van der Waals surface area (Å²) >= 11 is 0. The highest BCUT2D eigenvalue weighted by atomic mass is 16.3. The molecule has 2 aliphatic heterocycles. The fourth-order valence-electron chi connectivity index (χ4n) is 2.31. The number of hydrogen-bond acceptors (Lipinski definition) is 4. The van der Waals surface area contributed by atoms with Crippen molar-refractivity contribution in [2.75, 3.05) is 6.61 Å². The maximum atomic E-state index is 11.3. The number of aliphatic hydroxyl groups is 3. The van der Waals surface area contributed by atoms with Crippen molar-refractivity contribution in [1.82, 2.24) is 4.90 Å². The molecule has 0 unspecified atom stereocenters. The zero-order valence-corrected chi connectivity index (χ0v) is 7.13. The maximum Gasteiger partial charge on any atom is 0.223 e. The molecule has 74 valence electrons. The van der Waals surface area contributed by atoms with E-state index < -0.39 is 18.2 Å². The van der Waals surface area contributed by atoms with Crippen LogP contribution in [0.2, 0.25) is 0 Å². The van der Waals surface area contributed by atoms with Gasteiger partial charge in [0, 0.05) is 6.42 Å². The predicted octanol–water partition coefficient (Wildman–Crippen LogP) is -1.93.